The minimum atomic E-state index is 0.0974. The lowest BCUT2D eigenvalue weighted by Gasteiger charge is -2.17. The van der Waals surface area contributed by atoms with Gasteiger partial charge in [0.05, 0.1) is 12.9 Å². The Morgan fingerprint density at radius 3 is 2.43 bits per heavy atom. The first kappa shape index (κ1) is 10.8. The standard InChI is InChI=1S/C12H18N2/c1-12(2,3)14-10-13-9-11-7-5-4-6-8-11/h4-8,10H,9H2,1-3H3,(H,13,14). The van der Waals surface area contributed by atoms with Gasteiger partial charge < -0.3 is 5.32 Å². The van der Waals surface area contributed by atoms with E-state index >= 15 is 0 Å². The van der Waals surface area contributed by atoms with Crippen LogP contribution in [0.25, 0.3) is 0 Å². The predicted octanol–water partition coefficient (Wildman–Crippen LogP) is 2.60. The minimum absolute atomic E-state index is 0.0974. The summed E-state index contributed by atoms with van der Waals surface area (Å²) in [4.78, 5) is 4.29. The monoisotopic (exact) mass is 190 g/mol. The van der Waals surface area contributed by atoms with Gasteiger partial charge in [-0.15, -0.1) is 0 Å². The molecule has 0 spiro atoms. The average Bonchev–Trinajstić information content (AvgIpc) is 2.13. The molecule has 0 atom stereocenters. The molecule has 0 aliphatic heterocycles. The third-order valence-corrected chi connectivity index (χ3v) is 1.71. The third-order valence-electron chi connectivity index (χ3n) is 1.71. The summed E-state index contributed by atoms with van der Waals surface area (Å²) < 4.78 is 0. The molecule has 0 bridgehead atoms. The van der Waals surface area contributed by atoms with Crippen LogP contribution < -0.4 is 5.32 Å². The summed E-state index contributed by atoms with van der Waals surface area (Å²) in [5, 5.41) is 3.20. The highest BCUT2D eigenvalue weighted by Gasteiger charge is 2.04. The van der Waals surface area contributed by atoms with E-state index in [1.807, 2.05) is 18.2 Å². The van der Waals surface area contributed by atoms with Gasteiger partial charge in [0, 0.05) is 5.54 Å². The van der Waals surface area contributed by atoms with E-state index < -0.39 is 0 Å². The Hall–Kier alpha value is -1.31. The molecular formula is C12H18N2. The van der Waals surface area contributed by atoms with E-state index in [9.17, 15) is 0 Å². The van der Waals surface area contributed by atoms with Crippen LogP contribution in [0.4, 0.5) is 0 Å². The smallest absolute Gasteiger partial charge is 0.0831 e. The van der Waals surface area contributed by atoms with Crippen molar-refractivity contribution in [1.29, 1.82) is 0 Å². The number of hydrogen-bond donors (Lipinski definition) is 1. The number of nitrogens with zero attached hydrogens (tertiary/aromatic N) is 1. The maximum Gasteiger partial charge on any atom is 0.0831 e. The summed E-state index contributed by atoms with van der Waals surface area (Å²) >= 11 is 0. The van der Waals surface area contributed by atoms with Crippen LogP contribution in [0, 0.1) is 0 Å². The first-order chi connectivity index (χ1) is 6.58. The van der Waals surface area contributed by atoms with E-state index in [2.05, 4.69) is 43.2 Å². The molecule has 0 saturated carbocycles. The van der Waals surface area contributed by atoms with Crippen molar-refractivity contribution in [3.63, 3.8) is 0 Å². The zero-order chi connectivity index (χ0) is 10.4. The second-order valence-corrected chi connectivity index (χ2v) is 4.35. The molecule has 0 unspecified atom stereocenters. The second kappa shape index (κ2) is 4.80. The summed E-state index contributed by atoms with van der Waals surface area (Å²) in [6.07, 6.45) is 1.78. The number of rotatable bonds is 3. The molecule has 1 N–H and O–H groups in total. The quantitative estimate of drug-likeness (QED) is 0.575. The molecule has 0 aliphatic rings. The van der Waals surface area contributed by atoms with Crippen molar-refractivity contribution in [2.45, 2.75) is 32.9 Å². The number of hydrogen-bond acceptors (Lipinski definition) is 1. The van der Waals surface area contributed by atoms with Crippen LogP contribution in [0.2, 0.25) is 0 Å². The van der Waals surface area contributed by atoms with Gasteiger partial charge in [0.15, 0.2) is 0 Å². The van der Waals surface area contributed by atoms with Crippen molar-refractivity contribution < 1.29 is 0 Å². The van der Waals surface area contributed by atoms with E-state index in [-0.39, 0.29) is 5.54 Å². The predicted molar refractivity (Wildman–Crippen MR) is 61.5 cm³/mol. The molecule has 0 heterocycles. The zero-order valence-electron chi connectivity index (χ0n) is 9.12. The lowest BCUT2D eigenvalue weighted by atomic mass is 10.1. The molecule has 0 saturated heterocycles. The van der Waals surface area contributed by atoms with Crippen LogP contribution in [-0.4, -0.2) is 11.9 Å². The van der Waals surface area contributed by atoms with Crippen molar-refractivity contribution >= 4 is 6.34 Å². The third kappa shape index (κ3) is 4.65. The van der Waals surface area contributed by atoms with E-state index in [0.717, 1.165) is 6.54 Å². The largest absolute Gasteiger partial charge is 0.372 e. The lowest BCUT2D eigenvalue weighted by molar-refractivity contribution is 0.516. The average molecular weight is 190 g/mol. The molecule has 0 aromatic heterocycles. The molecule has 0 fully saturated rings. The Morgan fingerprint density at radius 1 is 1.21 bits per heavy atom. The molecule has 0 radical (unpaired) electrons. The first-order valence-corrected chi connectivity index (χ1v) is 4.88. The normalized spacial score (nSPS) is 11.9. The second-order valence-electron chi connectivity index (χ2n) is 4.35. The van der Waals surface area contributed by atoms with Crippen molar-refractivity contribution in [2.24, 2.45) is 4.99 Å². The van der Waals surface area contributed by atoms with Gasteiger partial charge in [0.1, 0.15) is 0 Å². The molecule has 2 nitrogen and oxygen atoms in total. The van der Waals surface area contributed by atoms with Gasteiger partial charge in [0.2, 0.25) is 0 Å². The van der Waals surface area contributed by atoms with Crippen LogP contribution >= 0.6 is 0 Å². The van der Waals surface area contributed by atoms with Crippen molar-refractivity contribution in [3.8, 4) is 0 Å². The Bertz CT molecular complexity index is 283. The van der Waals surface area contributed by atoms with Gasteiger partial charge in [0.25, 0.3) is 0 Å². The SMILES string of the molecule is CC(C)(C)NC=NCc1ccccc1. The maximum atomic E-state index is 4.29. The van der Waals surface area contributed by atoms with E-state index in [0.29, 0.717) is 0 Å². The molecule has 0 aliphatic carbocycles. The van der Waals surface area contributed by atoms with Gasteiger partial charge in [-0.05, 0) is 26.3 Å². The number of benzene rings is 1. The zero-order valence-corrected chi connectivity index (χ0v) is 9.12. The van der Waals surface area contributed by atoms with Crippen LogP contribution in [0.5, 0.6) is 0 Å². The van der Waals surface area contributed by atoms with Crippen molar-refractivity contribution in [1.82, 2.24) is 5.32 Å². The first-order valence-electron chi connectivity index (χ1n) is 4.88. The molecular weight excluding hydrogens is 172 g/mol. The van der Waals surface area contributed by atoms with Crippen LogP contribution in [0.15, 0.2) is 35.3 Å². The highest BCUT2D eigenvalue weighted by atomic mass is 15.0. The van der Waals surface area contributed by atoms with Gasteiger partial charge in [-0.2, -0.15) is 0 Å². The Labute approximate surface area is 86.1 Å². The molecule has 1 aromatic carbocycles. The van der Waals surface area contributed by atoms with Gasteiger partial charge in [-0.1, -0.05) is 30.3 Å². The fourth-order valence-electron chi connectivity index (χ4n) is 0.974. The fourth-order valence-corrected chi connectivity index (χ4v) is 0.974. The summed E-state index contributed by atoms with van der Waals surface area (Å²) in [6.45, 7) is 7.08. The lowest BCUT2D eigenvalue weighted by Crippen LogP contribution is -2.34. The maximum absolute atomic E-state index is 4.29. The molecule has 2 heteroatoms. The van der Waals surface area contributed by atoms with Crippen LogP contribution in [0.1, 0.15) is 26.3 Å². The van der Waals surface area contributed by atoms with E-state index in [4.69, 9.17) is 0 Å². The van der Waals surface area contributed by atoms with Gasteiger partial charge in [-0.3, -0.25) is 4.99 Å². The van der Waals surface area contributed by atoms with Crippen LogP contribution in [-0.2, 0) is 6.54 Å². The molecule has 14 heavy (non-hydrogen) atoms. The summed E-state index contributed by atoms with van der Waals surface area (Å²) in [7, 11) is 0. The van der Waals surface area contributed by atoms with E-state index in [1.54, 1.807) is 6.34 Å². The fraction of sp³-hybridized carbons (Fsp3) is 0.417. The highest BCUT2D eigenvalue weighted by Crippen LogP contribution is 2.00. The molecule has 0 amide bonds. The van der Waals surface area contributed by atoms with Crippen molar-refractivity contribution in [2.75, 3.05) is 0 Å². The van der Waals surface area contributed by atoms with Gasteiger partial charge in [-0.25, -0.2) is 0 Å². The molecule has 1 aromatic rings. The Morgan fingerprint density at radius 2 is 1.86 bits per heavy atom. The van der Waals surface area contributed by atoms with Gasteiger partial charge >= 0.3 is 0 Å². The Kier molecular flexibility index (Phi) is 3.69. The van der Waals surface area contributed by atoms with Crippen molar-refractivity contribution in [3.05, 3.63) is 35.9 Å². The minimum Gasteiger partial charge on any atom is -0.372 e. The topological polar surface area (TPSA) is 24.4 Å². The molecule has 76 valence electrons. The highest BCUT2D eigenvalue weighted by molar-refractivity contribution is 5.55. The summed E-state index contributed by atoms with van der Waals surface area (Å²) in [5.41, 5.74) is 1.33. The number of aliphatic imine (C=N–C) groups is 1. The van der Waals surface area contributed by atoms with Crippen LogP contribution in [0.3, 0.4) is 0 Å². The Balaban J connectivity index is 2.35. The summed E-state index contributed by atoms with van der Waals surface area (Å²) in [5.74, 6) is 0. The molecule has 1 rings (SSSR count). The number of nitrogens with one attached hydrogen (secondary N) is 1. The van der Waals surface area contributed by atoms with E-state index in [1.165, 1.54) is 5.56 Å². The summed E-state index contributed by atoms with van der Waals surface area (Å²) in [6, 6.07) is 10.2.